The van der Waals surface area contributed by atoms with E-state index in [0.29, 0.717) is 6.04 Å². The van der Waals surface area contributed by atoms with Crippen LogP contribution in [0.25, 0.3) is 0 Å². The second-order valence-electron chi connectivity index (χ2n) is 5.22. The number of nitrogens with one attached hydrogen (secondary N) is 1. The molecule has 2 nitrogen and oxygen atoms in total. The monoisotopic (exact) mass is 272 g/mol. The molecule has 0 bridgehead atoms. The lowest BCUT2D eigenvalue weighted by Gasteiger charge is -2.34. The third-order valence-electron chi connectivity index (χ3n) is 3.10. The van der Waals surface area contributed by atoms with Crippen LogP contribution in [-0.4, -0.2) is 30.6 Å². The molecule has 1 aromatic heterocycles. The predicted molar refractivity (Wildman–Crippen MR) is 75.9 cm³/mol. The molecule has 0 spiro atoms. The highest BCUT2D eigenvalue weighted by molar-refractivity contribution is 7.16. The van der Waals surface area contributed by atoms with Gasteiger partial charge in [0.25, 0.3) is 0 Å². The summed E-state index contributed by atoms with van der Waals surface area (Å²) in [4.78, 5) is 3.91. The van der Waals surface area contributed by atoms with Crippen molar-refractivity contribution in [3.05, 3.63) is 21.3 Å². The van der Waals surface area contributed by atoms with Gasteiger partial charge in [-0.2, -0.15) is 0 Å². The van der Waals surface area contributed by atoms with Crippen LogP contribution in [0, 0.1) is 5.92 Å². The topological polar surface area (TPSA) is 15.3 Å². The maximum atomic E-state index is 5.96. The lowest BCUT2D eigenvalue weighted by atomic mass is 10.0. The fraction of sp³-hybridized carbons (Fsp3) is 0.692. The van der Waals surface area contributed by atoms with Gasteiger partial charge >= 0.3 is 0 Å². The highest BCUT2D eigenvalue weighted by Gasteiger charge is 2.20. The van der Waals surface area contributed by atoms with Crippen molar-refractivity contribution in [2.75, 3.05) is 19.6 Å². The fourth-order valence-electron chi connectivity index (χ4n) is 2.42. The first kappa shape index (κ1) is 13.3. The highest BCUT2D eigenvalue weighted by atomic mass is 35.5. The maximum Gasteiger partial charge on any atom is 0.0931 e. The molecular weight excluding hydrogens is 252 g/mol. The molecule has 0 radical (unpaired) electrons. The third-order valence-corrected chi connectivity index (χ3v) is 4.32. The van der Waals surface area contributed by atoms with Crippen molar-refractivity contribution in [1.29, 1.82) is 0 Å². The van der Waals surface area contributed by atoms with Crippen LogP contribution in [-0.2, 0) is 6.54 Å². The molecule has 0 aliphatic carbocycles. The van der Waals surface area contributed by atoms with Crippen LogP contribution in [0.4, 0.5) is 0 Å². The summed E-state index contributed by atoms with van der Waals surface area (Å²) < 4.78 is 0.897. The Bertz CT molecular complexity index is 351. The molecule has 0 saturated carbocycles. The van der Waals surface area contributed by atoms with Crippen LogP contribution >= 0.6 is 22.9 Å². The van der Waals surface area contributed by atoms with E-state index < -0.39 is 0 Å². The van der Waals surface area contributed by atoms with Gasteiger partial charge in [0.1, 0.15) is 0 Å². The van der Waals surface area contributed by atoms with Crippen LogP contribution in [0.15, 0.2) is 12.1 Å². The SMILES string of the molecule is CC(C)CC1CN(Cc2ccc(Cl)s2)CCN1. The van der Waals surface area contributed by atoms with E-state index in [9.17, 15) is 0 Å². The highest BCUT2D eigenvalue weighted by Crippen LogP contribution is 2.23. The van der Waals surface area contributed by atoms with Crippen LogP contribution in [0.3, 0.4) is 0 Å². The molecule has 1 N–H and O–H groups in total. The number of hydrogen-bond acceptors (Lipinski definition) is 3. The normalized spacial score (nSPS) is 22.2. The van der Waals surface area contributed by atoms with Gasteiger partial charge in [-0.3, -0.25) is 4.90 Å². The van der Waals surface area contributed by atoms with Crippen molar-refractivity contribution in [1.82, 2.24) is 10.2 Å². The second kappa shape index (κ2) is 6.19. The summed E-state index contributed by atoms with van der Waals surface area (Å²) in [5.41, 5.74) is 0. The first-order valence-corrected chi connectivity index (χ1v) is 7.53. The summed E-state index contributed by atoms with van der Waals surface area (Å²) in [6, 6.07) is 4.79. The minimum absolute atomic E-state index is 0.652. The number of rotatable bonds is 4. The Labute approximate surface area is 113 Å². The van der Waals surface area contributed by atoms with E-state index in [1.165, 1.54) is 11.3 Å². The Balaban J connectivity index is 1.85. The maximum absolute atomic E-state index is 5.96. The van der Waals surface area contributed by atoms with Crippen LogP contribution in [0.1, 0.15) is 25.1 Å². The van der Waals surface area contributed by atoms with Crippen molar-refractivity contribution < 1.29 is 0 Å². The molecule has 1 fully saturated rings. The molecule has 96 valence electrons. The largest absolute Gasteiger partial charge is 0.311 e. The van der Waals surface area contributed by atoms with Gasteiger partial charge in [-0.05, 0) is 24.5 Å². The zero-order chi connectivity index (χ0) is 12.3. The zero-order valence-electron chi connectivity index (χ0n) is 10.6. The molecule has 1 aromatic rings. The Morgan fingerprint density at radius 2 is 2.35 bits per heavy atom. The van der Waals surface area contributed by atoms with E-state index in [0.717, 1.165) is 36.4 Å². The van der Waals surface area contributed by atoms with Gasteiger partial charge in [0, 0.05) is 37.1 Å². The summed E-state index contributed by atoms with van der Waals surface area (Å²) in [5.74, 6) is 0.767. The third kappa shape index (κ3) is 4.25. The first-order chi connectivity index (χ1) is 8.13. The number of piperazine rings is 1. The number of nitrogens with zero attached hydrogens (tertiary/aromatic N) is 1. The van der Waals surface area contributed by atoms with Gasteiger partial charge in [0.15, 0.2) is 0 Å². The average Bonchev–Trinajstić information content (AvgIpc) is 2.63. The fourth-order valence-corrected chi connectivity index (χ4v) is 3.55. The minimum atomic E-state index is 0.652. The van der Waals surface area contributed by atoms with Gasteiger partial charge in [0.05, 0.1) is 4.34 Å². The van der Waals surface area contributed by atoms with Crippen molar-refractivity contribution in [2.24, 2.45) is 5.92 Å². The average molecular weight is 273 g/mol. The van der Waals surface area contributed by atoms with E-state index in [1.807, 2.05) is 6.07 Å². The molecular formula is C13H21ClN2S. The summed E-state index contributed by atoms with van der Waals surface area (Å²) >= 11 is 7.66. The molecule has 17 heavy (non-hydrogen) atoms. The van der Waals surface area contributed by atoms with Crippen molar-refractivity contribution >= 4 is 22.9 Å². The molecule has 2 heterocycles. The van der Waals surface area contributed by atoms with Gasteiger partial charge < -0.3 is 5.32 Å². The van der Waals surface area contributed by atoms with Crippen LogP contribution in [0.5, 0.6) is 0 Å². The van der Waals surface area contributed by atoms with Crippen LogP contribution in [0.2, 0.25) is 4.34 Å². The Morgan fingerprint density at radius 3 is 3.00 bits per heavy atom. The Morgan fingerprint density at radius 1 is 1.53 bits per heavy atom. The number of halogens is 1. The van der Waals surface area contributed by atoms with E-state index >= 15 is 0 Å². The molecule has 1 atom stereocenters. The first-order valence-electron chi connectivity index (χ1n) is 6.33. The Kier molecular flexibility index (Phi) is 4.86. The van der Waals surface area contributed by atoms with Crippen molar-refractivity contribution in [2.45, 2.75) is 32.9 Å². The number of hydrogen-bond donors (Lipinski definition) is 1. The lowest BCUT2D eigenvalue weighted by molar-refractivity contribution is 0.181. The molecule has 4 heteroatoms. The van der Waals surface area contributed by atoms with Gasteiger partial charge in [-0.1, -0.05) is 25.4 Å². The van der Waals surface area contributed by atoms with Crippen molar-refractivity contribution in [3.63, 3.8) is 0 Å². The summed E-state index contributed by atoms with van der Waals surface area (Å²) in [6.07, 6.45) is 1.27. The lowest BCUT2D eigenvalue weighted by Crippen LogP contribution is -2.50. The minimum Gasteiger partial charge on any atom is -0.311 e. The van der Waals surface area contributed by atoms with Gasteiger partial charge in [-0.15, -0.1) is 11.3 Å². The second-order valence-corrected chi connectivity index (χ2v) is 7.02. The number of thiophene rings is 1. The van der Waals surface area contributed by atoms with Crippen molar-refractivity contribution in [3.8, 4) is 0 Å². The summed E-state index contributed by atoms with van der Waals surface area (Å²) in [7, 11) is 0. The molecule has 0 amide bonds. The van der Waals surface area contributed by atoms with E-state index in [-0.39, 0.29) is 0 Å². The molecule has 1 saturated heterocycles. The molecule has 1 aliphatic heterocycles. The quantitative estimate of drug-likeness (QED) is 0.905. The van der Waals surface area contributed by atoms with E-state index in [2.05, 4.69) is 30.1 Å². The predicted octanol–water partition coefficient (Wildman–Crippen LogP) is 3.22. The van der Waals surface area contributed by atoms with Crippen LogP contribution < -0.4 is 5.32 Å². The smallest absolute Gasteiger partial charge is 0.0931 e. The molecule has 1 unspecified atom stereocenters. The van der Waals surface area contributed by atoms with E-state index in [1.54, 1.807) is 11.3 Å². The Hall–Kier alpha value is -0.0900. The molecule has 0 aromatic carbocycles. The summed E-state index contributed by atoms with van der Waals surface area (Å²) in [5, 5.41) is 3.61. The van der Waals surface area contributed by atoms with Gasteiger partial charge in [0.2, 0.25) is 0 Å². The summed E-state index contributed by atoms with van der Waals surface area (Å²) in [6.45, 7) is 9.04. The molecule has 2 rings (SSSR count). The molecule has 1 aliphatic rings. The zero-order valence-corrected chi connectivity index (χ0v) is 12.2. The van der Waals surface area contributed by atoms with E-state index in [4.69, 9.17) is 11.6 Å². The standard InChI is InChI=1S/C13H21ClN2S/c1-10(2)7-11-8-16(6-5-15-11)9-12-3-4-13(14)17-12/h3-4,10-11,15H,5-9H2,1-2H3. The van der Waals surface area contributed by atoms with Gasteiger partial charge in [-0.25, -0.2) is 0 Å².